The SMILES string of the molecule is CCOC(=O)N1CCN(C(=O)CN(C2CCCCC2)S(=O)(=O)c2ccc(OC)c(Cl)c2)CC1. The molecule has 1 saturated heterocycles. The molecule has 1 aromatic carbocycles. The number of carbonyl (C=O) groups excluding carboxylic acids is 2. The monoisotopic (exact) mass is 501 g/mol. The molecule has 33 heavy (non-hydrogen) atoms. The Balaban J connectivity index is 1.77. The van der Waals surface area contributed by atoms with Crippen LogP contribution >= 0.6 is 11.6 Å². The van der Waals surface area contributed by atoms with E-state index < -0.39 is 16.1 Å². The fraction of sp³-hybridized carbons (Fsp3) is 0.636. The standard InChI is InChI=1S/C22H32ClN3O6S/c1-3-32-22(28)25-13-11-24(12-14-25)21(27)16-26(17-7-5-4-6-8-17)33(29,30)18-9-10-20(31-2)19(23)15-18/h9-10,15,17H,3-8,11-14,16H2,1-2H3. The van der Waals surface area contributed by atoms with Gasteiger partial charge in [-0.25, -0.2) is 13.2 Å². The Kier molecular flexibility index (Phi) is 8.83. The van der Waals surface area contributed by atoms with Gasteiger partial charge in [0, 0.05) is 32.2 Å². The summed E-state index contributed by atoms with van der Waals surface area (Å²) in [7, 11) is -2.49. The number of sulfonamides is 1. The van der Waals surface area contributed by atoms with E-state index in [-0.39, 0.29) is 28.4 Å². The van der Waals surface area contributed by atoms with Crippen LogP contribution < -0.4 is 4.74 Å². The smallest absolute Gasteiger partial charge is 0.409 e. The van der Waals surface area contributed by atoms with Crippen molar-refractivity contribution in [2.24, 2.45) is 0 Å². The van der Waals surface area contributed by atoms with E-state index in [2.05, 4.69) is 0 Å². The van der Waals surface area contributed by atoms with Crippen LogP contribution in [0.4, 0.5) is 4.79 Å². The average Bonchev–Trinajstić information content (AvgIpc) is 2.83. The highest BCUT2D eigenvalue weighted by Gasteiger charge is 2.36. The van der Waals surface area contributed by atoms with E-state index in [4.69, 9.17) is 21.1 Å². The van der Waals surface area contributed by atoms with Crippen molar-refractivity contribution < 1.29 is 27.5 Å². The van der Waals surface area contributed by atoms with E-state index in [1.54, 1.807) is 16.7 Å². The van der Waals surface area contributed by atoms with Gasteiger partial charge in [-0.2, -0.15) is 4.31 Å². The fourth-order valence-corrected chi connectivity index (χ4v) is 6.29. The molecule has 1 aliphatic heterocycles. The molecule has 3 rings (SSSR count). The van der Waals surface area contributed by atoms with E-state index in [0.29, 0.717) is 51.4 Å². The number of hydrogen-bond donors (Lipinski definition) is 0. The molecular formula is C22H32ClN3O6S. The van der Waals surface area contributed by atoms with Crippen LogP contribution in [0.3, 0.4) is 0 Å². The lowest BCUT2D eigenvalue weighted by Gasteiger charge is -2.37. The van der Waals surface area contributed by atoms with Gasteiger partial charge in [-0.05, 0) is 38.0 Å². The Morgan fingerprint density at radius 2 is 1.73 bits per heavy atom. The second-order valence-electron chi connectivity index (χ2n) is 8.21. The molecule has 1 saturated carbocycles. The summed E-state index contributed by atoms with van der Waals surface area (Å²) in [6.07, 6.45) is 3.94. The number of ether oxygens (including phenoxy) is 2. The van der Waals surface area contributed by atoms with Gasteiger partial charge in [0.2, 0.25) is 15.9 Å². The molecule has 1 aliphatic carbocycles. The molecule has 0 aromatic heterocycles. The molecule has 0 atom stereocenters. The van der Waals surface area contributed by atoms with Gasteiger partial charge in [0.15, 0.2) is 0 Å². The minimum atomic E-state index is -3.95. The van der Waals surface area contributed by atoms with Gasteiger partial charge < -0.3 is 19.3 Å². The molecule has 0 bridgehead atoms. The minimum Gasteiger partial charge on any atom is -0.495 e. The summed E-state index contributed by atoms with van der Waals surface area (Å²) < 4.78 is 38.7. The molecule has 0 N–H and O–H groups in total. The Morgan fingerprint density at radius 3 is 2.30 bits per heavy atom. The quantitative estimate of drug-likeness (QED) is 0.570. The highest BCUT2D eigenvalue weighted by molar-refractivity contribution is 7.89. The molecule has 0 unspecified atom stereocenters. The van der Waals surface area contributed by atoms with Crippen molar-refractivity contribution >= 4 is 33.6 Å². The van der Waals surface area contributed by atoms with Crippen LogP contribution in [0.2, 0.25) is 5.02 Å². The minimum absolute atomic E-state index is 0.0406. The first kappa shape index (κ1) is 25.6. The van der Waals surface area contributed by atoms with Gasteiger partial charge in [-0.1, -0.05) is 30.9 Å². The third-order valence-corrected chi connectivity index (χ3v) is 8.35. The lowest BCUT2D eigenvalue weighted by atomic mass is 9.95. The maximum absolute atomic E-state index is 13.6. The normalized spacial score (nSPS) is 17.8. The lowest BCUT2D eigenvalue weighted by Crippen LogP contribution is -2.54. The summed E-state index contributed by atoms with van der Waals surface area (Å²) in [6, 6.07) is 4.10. The van der Waals surface area contributed by atoms with Crippen LogP contribution in [0.25, 0.3) is 0 Å². The summed E-state index contributed by atoms with van der Waals surface area (Å²) in [4.78, 5) is 28.3. The van der Waals surface area contributed by atoms with Crippen LogP contribution in [0.5, 0.6) is 5.75 Å². The fourth-order valence-electron chi connectivity index (χ4n) is 4.31. The van der Waals surface area contributed by atoms with Gasteiger partial charge in [0.1, 0.15) is 5.75 Å². The van der Waals surface area contributed by atoms with Crippen molar-refractivity contribution in [1.82, 2.24) is 14.1 Å². The molecule has 9 nitrogen and oxygen atoms in total. The molecule has 0 radical (unpaired) electrons. The molecule has 2 amide bonds. The van der Waals surface area contributed by atoms with Gasteiger partial charge in [-0.15, -0.1) is 0 Å². The van der Waals surface area contributed by atoms with Crippen LogP contribution in [-0.2, 0) is 19.6 Å². The molecule has 2 fully saturated rings. The zero-order valence-electron chi connectivity index (χ0n) is 19.2. The highest BCUT2D eigenvalue weighted by atomic mass is 35.5. The van der Waals surface area contributed by atoms with E-state index >= 15 is 0 Å². The van der Waals surface area contributed by atoms with E-state index in [1.807, 2.05) is 0 Å². The zero-order valence-corrected chi connectivity index (χ0v) is 20.7. The van der Waals surface area contributed by atoms with Gasteiger partial charge in [0.25, 0.3) is 0 Å². The molecule has 1 aromatic rings. The number of nitrogens with zero attached hydrogens (tertiary/aromatic N) is 3. The second kappa shape index (κ2) is 11.4. The summed E-state index contributed by atoms with van der Waals surface area (Å²) in [6.45, 7) is 3.18. The molecule has 0 spiro atoms. The zero-order chi connectivity index (χ0) is 24.0. The van der Waals surface area contributed by atoms with E-state index in [1.165, 1.54) is 29.6 Å². The summed E-state index contributed by atoms with van der Waals surface area (Å²) >= 11 is 6.19. The Labute approximate surface area is 200 Å². The van der Waals surface area contributed by atoms with Gasteiger partial charge in [0.05, 0.1) is 30.2 Å². The average molecular weight is 502 g/mol. The molecular weight excluding hydrogens is 470 g/mol. The Bertz CT molecular complexity index is 943. The van der Waals surface area contributed by atoms with Crippen LogP contribution in [0.15, 0.2) is 23.1 Å². The number of carbonyl (C=O) groups is 2. The molecule has 1 heterocycles. The Morgan fingerprint density at radius 1 is 1.09 bits per heavy atom. The van der Waals surface area contributed by atoms with E-state index in [0.717, 1.165) is 19.3 Å². The van der Waals surface area contributed by atoms with E-state index in [9.17, 15) is 18.0 Å². The summed E-state index contributed by atoms with van der Waals surface area (Å²) in [5, 5.41) is 0.198. The largest absolute Gasteiger partial charge is 0.495 e. The maximum Gasteiger partial charge on any atom is 0.409 e. The number of rotatable bonds is 7. The third kappa shape index (κ3) is 6.10. The third-order valence-electron chi connectivity index (χ3n) is 6.16. The van der Waals surface area contributed by atoms with Gasteiger partial charge >= 0.3 is 6.09 Å². The van der Waals surface area contributed by atoms with Crippen molar-refractivity contribution in [1.29, 1.82) is 0 Å². The van der Waals surface area contributed by atoms with Crippen molar-refractivity contribution in [2.45, 2.75) is 50.0 Å². The highest BCUT2D eigenvalue weighted by Crippen LogP contribution is 2.32. The molecule has 2 aliphatic rings. The Hall–Kier alpha value is -2.04. The maximum atomic E-state index is 13.6. The number of halogens is 1. The van der Waals surface area contributed by atoms with Crippen molar-refractivity contribution in [3.05, 3.63) is 23.2 Å². The van der Waals surface area contributed by atoms with Crippen LogP contribution in [0, 0.1) is 0 Å². The predicted octanol–water partition coefficient (Wildman–Crippen LogP) is 2.97. The molecule has 184 valence electrons. The number of benzene rings is 1. The number of methoxy groups -OCH3 is 1. The van der Waals surface area contributed by atoms with Crippen molar-refractivity contribution in [2.75, 3.05) is 46.4 Å². The first-order chi connectivity index (χ1) is 15.8. The number of amides is 2. The van der Waals surface area contributed by atoms with Gasteiger partial charge in [-0.3, -0.25) is 4.79 Å². The first-order valence-corrected chi connectivity index (χ1v) is 13.1. The number of piperazine rings is 1. The second-order valence-corrected chi connectivity index (χ2v) is 10.5. The predicted molar refractivity (Wildman–Crippen MR) is 124 cm³/mol. The van der Waals surface area contributed by atoms with Crippen molar-refractivity contribution in [3.8, 4) is 5.75 Å². The summed E-state index contributed by atoms with van der Waals surface area (Å²) in [5.41, 5.74) is 0. The van der Waals surface area contributed by atoms with Crippen LogP contribution in [0.1, 0.15) is 39.0 Å². The topological polar surface area (TPSA) is 96.5 Å². The first-order valence-electron chi connectivity index (χ1n) is 11.3. The number of hydrogen-bond acceptors (Lipinski definition) is 6. The van der Waals surface area contributed by atoms with Crippen molar-refractivity contribution in [3.63, 3.8) is 0 Å². The molecule has 11 heteroatoms. The summed E-state index contributed by atoms with van der Waals surface area (Å²) in [5.74, 6) is 0.114. The van der Waals surface area contributed by atoms with Crippen LogP contribution in [-0.4, -0.2) is 87.0 Å². The lowest BCUT2D eigenvalue weighted by molar-refractivity contribution is -0.133.